The summed E-state index contributed by atoms with van der Waals surface area (Å²) in [7, 11) is 0. The molecule has 1 fully saturated rings. The Kier molecular flexibility index (Phi) is 6.70. The molecule has 2 amide bonds. The molecule has 0 saturated carbocycles. The highest BCUT2D eigenvalue weighted by Gasteiger charge is 2.35. The quantitative estimate of drug-likeness (QED) is 0.296. The number of halogens is 1. The van der Waals surface area contributed by atoms with Gasteiger partial charge in [-0.1, -0.05) is 12.1 Å². The predicted molar refractivity (Wildman–Crippen MR) is 139 cm³/mol. The summed E-state index contributed by atoms with van der Waals surface area (Å²) in [5.74, 6) is -2.38. The molecule has 39 heavy (non-hydrogen) atoms. The number of nitrogens with zero attached hydrogens (tertiary/aromatic N) is 3. The zero-order chi connectivity index (χ0) is 27.7. The molecule has 11 heteroatoms. The lowest BCUT2D eigenvalue weighted by Gasteiger charge is -2.25. The van der Waals surface area contributed by atoms with Crippen molar-refractivity contribution in [3.8, 4) is 34.2 Å². The molecule has 4 aromatic rings. The second kappa shape index (κ2) is 10.3. The van der Waals surface area contributed by atoms with Crippen LogP contribution in [0.2, 0.25) is 0 Å². The third kappa shape index (κ3) is 5.01. The van der Waals surface area contributed by atoms with Gasteiger partial charge >= 0.3 is 0 Å². The second-order valence-corrected chi connectivity index (χ2v) is 8.99. The van der Waals surface area contributed by atoms with E-state index in [0.717, 1.165) is 12.1 Å². The zero-order valence-corrected chi connectivity index (χ0v) is 20.3. The van der Waals surface area contributed by atoms with E-state index in [2.05, 4.69) is 16.4 Å². The number of nitrogens with two attached hydrogens (primary N) is 1. The number of phenols is 1. The molecule has 0 aliphatic carbocycles. The van der Waals surface area contributed by atoms with Crippen LogP contribution in [0.25, 0.3) is 22.4 Å². The van der Waals surface area contributed by atoms with E-state index in [-0.39, 0.29) is 47.1 Å². The third-order valence-electron chi connectivity index (χ3n) is 6.44. The summed E-state index contributed by atoms with van der Waals surface area (Å²) in [6, 6.07) is 16.2. The third-order valence-corrected chi connectivity index (χ3v) is 6.44. The Hall–Kier alpha value is -5.21. The van der Waals surface area contributed by atoms with Crippen LogP contribution in [-0.2, 0) is 4.79 Å². The first-order chi connectivity index (χ1) is 18.7. The number of amides is 2. The number of aromatic hydroxyl groups is 1. The average molecular weight is 528 g/mol. The van der Waals surface area contributed by atoms with Crippen LogP contribution in [0.3, 0.4) is 0 Å². The number of anilines is 2. The molecule has 5 rings (SSSR count). The number of hydrogen-bond acceptors (Lipinski definition) is 8. The summed E-state index contributed by atoms with van der Waals surface area (Å²) in [4.78, 5) is 30.9. The molecule has 1 aliphatic heterocycles. The maximum atomic E-state index is 13.7. The number of aliphatic hydroxyl groups excluding tert-OH is 1. The highest BCUT2D eigenvalue weighted by Crippen LogP contribution is 2.37. The van der Waals surface area contributed by atoms with E-state index in [1.165, 1.54) is 30.5 Å². The number of benzene rings is 2. The first-order valence-corrected chi connectivity index (χ1v) is 11.9. The lowest BCUT2D eigenvalue weighted by Crippen LogP contribution is -2.40. The molecule has 2 aromatic carbocycles. The zero-order valence-electron chi connectivity index (χ0n) is 20.3. The lowest BCUT2D eigenvalue weighted by molar-refractivity contribution is -0.119. The van der Waals surface area contributed by atoms with Gasteiger partial charge in [0.05, 0.1) is 18.1 Å². The molecule has 0 unspecified atom stereocenters. The van der Waals surface area contributed by atoms with Gasteiger partial charge in [0.2, 0.25) is 5.91 Å². The van der Waals surface area contributed by atoms with E-state index in [0.29, 0.717) is 16.8 Å². The molecule has 10 nitrogen and oxygen atoms in total. The number of nitriles is 1. The molecule has 5 N–H and O–H groups in total. The first-order valence-electron chi connectivity index (χ1n) is 11.9. The summed E-state index contributed by atoms with van der Waals surface area (Å²) in [6.07, 6.45) is 0.777. The van der Waals surface area contributed by atoms with Gasteiger partial charge in [0.25, 0.3) is 5.91 Å². The minimum atomic E-state index is -0.738. The molecule has 196 valence electrons. The SMILES string of the molecule is N#Cc1c(-c2cccc(N3C[C@H](O)C[C@H]3C(N)=O)c2)cc(-c2ccc(F)cc2O)nc1NC(=O)c1ccco1. The van der Waals surface area contributed by atoms with E-state index in [9.17, 15) is 29.5 Å². The molecule has 0 spiro atoms. The van der Waals surface area contributed by atoms with Gasteiger partial charge in [-0.15, -0.1) is 0 Å². The van der Waals surface area contributed by atoms with E-state index in [1.54, 1.807) is 29.2 Å². The van der Waals surface area contributed by atoms with Crippen molar-refractivity contribution in [2.75, 3.05) is 16.8 Å². The van der Waals surface area contributed by atoms with Crippen molar-refractivity contribution < 1.29 is 28.6 Å². The summed E-state index contributed by atoms with van der Waals surface area (Å²) >= 11 is 0. The van der Waals surface area contributed by atoms with Crippen molar-refractivity contribution in [1.82, 2.24) is 4.98 Å². The molecule has 2 aromatic heterocycles. The summed E-state index contributed by atoms with van der Waals surface area (Å²) in [6.45, 7) is 0.192. The molecule has 1 aliphatic rings. The van der Waals surface area contributed by atoms with Crippen LogP contribution >= 0.6 is 0 Å². The standard InChI is InChI=1S/C28H22FN5O5/c29-16-6-7-19(24(36)10-16)22-12-20(21(13-30)27(32-22)33-28(38)25-5-2-8-39-25)15-3-1-4-17(9-15)34-14-18(35)11-23(34)26(31)37/h1-10,12,18,23,35-36H,11,14H2,(H2,31,37)(H,32,33,38)/t18-,23+/m1/s1. The normalized spacial score (nSPS) is 16.6. The second-order valence-electron chi connectivity index (χ2n) is 8.99. The van der Waals surface area contributed by atoms with Crippen LogP contribution < -0.4 is 16.0 Å². The molecule has 1 saturated heterocycles. The fraction of sp³-hybridized carbons (Fsp3) is 0.143. The van der Waals surface area contributed by atoms with Gasteiger partial charge in [0.1, 0.15) is 29.2 Å². The number of phenolic OH excluding ortho intramolecular Hbond substituents is 1. The lowest BCUT2D eigenvalue weighted by atomic mass is 9.97. The molecule has 3 heterocycles. The Bertz CT molecular complexity index is 1620. The van der Waals surface area contributed by atoms with Gasteiger partial charge in [-0.05, 0) is 48.0 Å². The Balaban J connectivity index is 1.66. The van der Waals surface area contributed by atoms with Crippen LogP contribution in [0.15, 0.2) is 71.3 Å². The number of rotatable bonds is 6. The molecule has 0 bridgehead atoms. The Morgan fingerprint density at radius 2 is 1.97 bits per heavy atom. The monoisotopic (exact) mass is 527 g/mol. The van der Waals surface area contributed by atoms with E-state index >= 15 is 0 Å². The molecular formula is C28H22FN5O5. The summed E-state index contributed by atoms with van der Waals surface area (Å²) in [5, 5.41) is 33.3. The topological polar surface area (TPSA) is 166 Å². The van der Waals surface area contributed by atoms with Crippen molar-refractivity contribution in [3.05, 3.63) is 84.1 Å². The van der Waals surface area contributed by atoms with E-state index in [1.807, 2.05) is 0 Å². The van der Waals surface area contributed by atoms with Crippen molar-refractivity contribution in [1.29, 1.82) is 5.26 Å². The molecular weight excluding hydrogens is 505 g/mol. The average Bonchev–Trinajstić information content (AvgIpc) is 3.59. The van der Waals surface area contributed by atoms with Gasteiger partial charge < -0.3 is 30.6 Å². The van der Waals surface area contributed by atoms with E-state index < -0.39 is 29.8 Å². The van der Waals surface area contributed by atoms with Crippen LogP contribution in [-0.4, -0.2) is 45.7 Å². The van der Waals surface area contributed by atoms with Gasteiger partial charge in [-0.3, -0.25) is 9.59 Å². The van der Waals surface area contributed by atoms with Crippen molar-refractivity contribution >= 4 is 23.3 Å². The number of aromatic nitrogens is 1. The van der Waals surface area contributed by atoms with Crippen molar-refractivity contribution in [2.24, 2.45) is 5.73 Å². The van der Waals surface area contributed by atoms with Crippen LogP contribution in [0.5, 0.6) is 5.75 Å². The smallest absolute Gasteiger partial charge is 0.292 e. The van der Waals surface area contributed by atoms with E-state index in [4.69, 9.17) is 10.2 Å². The van der Waals surface area contributed by atoms with Crippen molar-refractivity contribution in [3.63, 3.8) is 0 Å². The van der Waals surface area contributed by atoms with Crippen LogP contribution in [0.1, 0.15) is 22.5 Å². The highest BCUT2D eigenvalue weighted by atomic mass is 19.1. The van der Waals surface area contributed by atoms with Gasteiger partial charge in [0.15, 0.2) is 11.6 Å². The van der Waals surface area contributed by atoms with Gasteiger partial charge in [-0.2, -0.15) is 5.26 Å². The maximum absolute atomic E-state index is 13.7. The van der Waals surface area contributed by atoms with Crippen molar-refractivity contribution in [2.45, 2.75) is 18.6 Å². The maximum Gasteiger partial charge on any atom is 0.292 e. The predicted octanol–water partition coefficient (Wildman–Crippen LogP) is 3.40. The number of carbonyl (C=O) groups excluding carboxylic acids is 2. The number of furan rings is 1. The fourth-order valence-corrected chi connectivity index (χ4v) is 4.63. The number of β-amino-alcohol motifs (C(OH)–C–C–N with tert-alkyl or cyclic N) is 1. The van der Waals surface area contributed by atoms with Gasteiger partial charge in [0, 0.05) is 35.8 Å². The number of primary amides is 1. The minimum Gasteiger partial charge on any atom is -0.507 e. The Morgan fingerprint density at radius 3 is 2.67 bits per heavy atom. The number of carbonyl (C=O) groups is 2. The minimum absolute atomic E-state index is 0.00986. The Morgan fingerprint density at radius 1 is 1.15 bits per heavy atom. The molecule has 0 radical (unpaired) electrons. The molecule has 2 atom stereocenters. The van der Waals surface area contributed by atoms with Crippen LogP contribution in [0.4, 0.5) is 15.9 Å². The number of aliphatic hydroxyl groups is 1. The highest BCUT2D eigenvalue weighted by molar-refractivity contribution is 6.03. The largest absolute Gasteiger partial charge is 0.507 e. The van der Waals surface area contributed by atoms with Crippen LogP contribution in [0, 0.1) is 17.1 Å². The Labute approximate surface area is 221 Å². The summed E-state index contributed by atoms with van der Waals surface area (Å²) < 4.78 is 18.8. The van der Waals surface area contributed by atoms with Gasteiger partial charge in [-0.25, -0.2) is 9.37 Å². The first kappa shape index (κ1) is 25.4. The summed E-state index contributed by atoms with van der Waals surface area (Å²) in [5.41, 5.74) is 7.36. The fourth-order valence-electron chi connectivity index (χ4n) is 4.63. The number of nitrogens with one attached hydrogen (secondary N) is 1. The number of pyridine rings is 1. The number of hydrogen-bond donors (Lipinski definition) is 4.